The number of hydrogen-bond donors (Lipinski definition) is 1. The molecule has 6 heteroatoms. The van der Waals surface area contributed by atoms with Crippen LogP contribution < -0.4 is 14.8 Å². The van der Waals surface area contributed by atoms with Crippen molar-refractivity contribution >= 4 is 34.1 Å². The molecule has 2 aromatic carbocycles. The molecule has 3 rings (SSSR count). The second-order valence-corrected chi connectivity index (χ2v) is 6.37. The van der Waals surface area contributed by atoms with Crippen molar-refractivity contribution in [3.8, 4) is 11.5 Å². The van der Waals surface area contributed by atoms with Gasteiger partial charge in [0, 0.05) is 17.1 Å². The van der Waals surface area contributed by atoms with Gasteiger partial charge in [0.2, 0.25) is 0 Å². The molecular weight excluding hydrogens is 352 g/mol. The fourth-order valence-electron chi connectivity index (χ4n) is 2.60. The third kappa shape index (κ3) is 4.06. The van der Waals surface area contributed by atoms with E-state index >= 15 is 0 Å². The molecule has 0 radical (unpaired) electrons. The number of halogens is 1. The summed E-state index contributed by atoms with van der Waals surface area (Å²) in [6.45, 7) is 3.67. The Morgan fingerprint density at radius 3 is 2.69 bits per heavy atom. The number of aromatic nitrogens is 1. The molecule has 3 aromatic rings. The monoisotopic (exact) mass is 370 g/mol. The van der Waals surface area contributed by atoms with Crippen LogP contribution in [0.2, 0.25) is 5.02 Å². The number of rotatable bonds is 5. The van der Waals surface area contributed by atoms with Crippen LogP contribution in [-0.4, -0.2) is 24.6 Å². The summed E-state index contributed by atoms with van der Waals surface area (Å²) < 4.78 is 11.0. The second kappa shape index (κ2) is 7.62. The Hall–Kier alpha value is -2.79. The highest BCUT2D eigenvalue weighted by molar-refractivity contribution is 6.33. The van der Waals surface area contributed by atoms with Gasteiger partial charge in [-0.05, 0) is 49.7 Å². The number of carbonyl (C=O) groups excluding carboxylic acids is 1. The fourth-order valence-corrected chi connectivity index (χ4v) is 2.88. The highest BCUT2D eigenvalue weighted by Gasteiger charge is 2.11. The molecule has 0 aliphatic carbocycles. The number of aryl methyl sites for hydroxylation is 2. The Morgan fingerprint density at radius 1 is 1.15 bits per heavy atom. The predicted molar refractivity (Wildman–Crippen MR) is 103 cm³/mol. The van der Waals surface area contributed by atoms with Gasteiger partial charge in [-0.1, -0.05) is 17.7 Å². The molecule has 0 bridgehead atoms. The van der Waals surface area contributed by atoms with Crippen molar-refractivity contribution in [2.24, 2.45) is 0 Å². The zero-order chi connectivity index (χ0) is 18.7. The lowest BCUT2D eigenvalue weighted by Gasteiger charge is -2.12. The van der Waals surface area contributed by atoms with Gasteiger partial charge in [-0.2, -0.15) is 0 Å². The number of ether oxygens (including phenoxy) is 2. The fraction of sp³-hybridized carbons (Fsp3) is 0.200. The summed E-state index contributed by atoms with van der Waals surface area (Å²) in [5.41, 5.74) is 3.17. The Balaban J connectivity index is 1.77. The Morgan fingerprint density at radius 2 is 1.96 bits per heavy atom. The first kappa shape index (κ1) is 18.0. The summed E-state index contributed by atoms with van der Waals surface area (Å²) in [4.78, 5) is 16.7. The molecule has 0 atom stereocenters. The minimum absolute atomic E-state index is 0.139. The van der Waals surface area contributed by atoms with Crippen LogP contribution in [0.4, 0.5) is 5.69 Å². The minimum Gasteiger partial charge on any atom is -0.497 e. The number of methoxy groups -OCH3 is 1. The van der Waals surface area contributed by atoms with Crippen molar-refractivity contribution in [1.82, 2.24) is 4.98 Å². The van der Waals surface area contributed by atoms with E-state index in [-0.39, 0.29) is 12.5 Å². The van der Waals surface area contributed by atoms with Gasteiger partial charge in [-0.3, -0.25) is 9.78 Å². The highest BCUT2D eigenvalue weighted by atomic mass is 35.5. The zero-order valence-corrected chi connectivity index (χ0v) is 15.6. The molecule has 0 aliphatic rings. The number of nitrogens with zero attached hydrogens (tertiary/aromatic N) is 1. The van der Waals surface area contributed by atoms with Gasteiger partial charge in [-0.15, -0.1) is 0 Å². The lowest BCUT2D eigenvalue weighted by atomic mass is 10.1. The Labute approximate surface area is 156 Å². The molecule has 0 unspecified atom stereocenters. The SMILES string of the molecule is COc1ccc2nc(C)cc(OCC(=O)Nc3ccc(C)cc3Cl)c2c1. The average molecular weight is 371 g/mol. The van der Waals surface area contributed by atoms with Crippen LogP contribution in [0.5, 0.6) is 11.5 Å². The summed E-state index contributed by atoms with van der Waals surface area (Å²) in [6, 6.07) is 12.8. The summed E-state index contributed by atoms with van der Waals surface area (Å²) in [5, 5.41) is 4.04. The molecule has 1 aromatic heterocycles. The van der Waals surface area contributed by atoms with Crippen LogP contribution in [0, 0.1) is 13.8 Å². The van der Waals surface area contributed by atoms with E-state index in [4.69, 9.17) is 21.1 Å². The van der Waals surface area contributed by atoms with Crippen molar-refractivity contribution in [2.45, 2.75) is 13.8 Å². The molecular formula is C20H19ClN2O3. The smallest absolute Gasteiger partial charge is 0.262 e. The maximum absolute atomic E-state index is 12.2. The van der Waals surface area contributed by atoms with Crippen LogP contribution in [0.3, 0.4) is 0 Å². The van der Waals surface area contributed by atoms with E-state index in [0.717, 1.165) is 22.2 Å². The number of nitrogens with one attached hydrogen (secondary N) is 1. The van der Waals surface area contributed by atoms with Gasteiger partial charge < -0.3 is 14.8 Å². The van der Waals surface area contributed by atoms with Gasteiger partial charge in [-0.25, -0.2) is 0 Å². The Kier molecular flexibility index (Phi) is 5.28. The van der Waals surface area contributed by atoms with Crippen LogP contribution in [-0.2, 0) is 4.79 Å². The maximum atomic E-state index is 12.2. The highest BCUT2D eigenvalue weighted by Crippen LogP contribution is 2.29. The lowest BCUT2D eigenvalue weighted by molar-refractivity contribution is -0.118. The molecule has 0 saturated heterocycles. The standard InChI is InChI=1S/C20H19ClN2O3/c1-12-4-6-18(16(21)8-12)23-20(24)11-26-19-9-13(2)22-17-7-5-14(25-3)10-15(17)19/h4-10H,11H2,1-3H3,(H,23,24). The van der Waals surface area contributed by atoms with Crippen molar-refractivity contribution in [3.63, 3.8) is 0 Å². The van der Waals surface area contributed by atoms with E-state index in [0.29, 0.717) is 22.2 Å². The topological polar surface area (TPSA) is 60.5 Å². The molecule has 1 amide bonds. The third-order valence-electron chi connectivity index (χ3n) is 3.86. The average Bonchev–Trinajstić information content (AvgIpc) is 2.61. The molecule has 0 fully saturated rings. The quantitative estimate of drug-likeness (QED) is 0.716. The van der Waals surface area contributed by atoms with Gasteiger partial charge in [0.1, 0.15) is 11.5 Å². The first-order chi connectivity index (χ1) is 12.5. The van der Waals surface area contributed by atoms with Crippen molar-refractivity contribution in [3.05, 3.63) is 58.7 Å². The Bertz CT molecular complexity index is 973. The molecule has 5 nitrogen and oxygen atoms in total. The maximum Gasteiger partial charge on any atom is 0.262 e. The van der Waals surface area contributed by atoms with Crippen LogP contribution in [0.1, 0.15) is 11.3 Å². The number of amides is 1. The molecule has 1 heterocycles. The number of hydrogen-bond acceptors (Lipinski definition) is 4. The van der Waals surface area contributed by atoms with Gasteiger partial charge in [0.05, 0.1) is 23.3 Å². The summed E-state index contributed by atoms with van der Waals surface area (Å²) in [6.07, 6.45) is 0. The number of anilines is 1. The molecule has 0 aliphatic heterocycles. The second-order valence-electron chi connectivity index (χ2n) is 5.97. The van der Waals surface area contributed by atoms with Crippen molar-refractivity contribution < 1.29 is 14.3 Å². The molecule has 0 spiro atoms. The molecule has 26 heavy (non-hydrogen) atoms. The van der Waals surface area contributed by atoms with E-state index in [1.807, 2.05) is 38.1 Å². The number of benzene rings is 2. The van der Waals surface area contributed by atoms with Gasteiger partial charge >= 0.3 is 0 Å². The summed E-state index contributed by atoms with van der Waals surface area (Å²) >= 11 is 6.15. The van der Waals surface area contributed by atoms with E-state index in [2.05, 4.69) is 10.3 Å². The molecule has 0 saturated carbocycles. The van der Waals surface area contributed by atoms with E-state index in [1.165, 1.54) is 0 Å². The van der Waals surface area contributed by atoms with Crippen LogP contribution in [0.15, 0.2) is 42.5 Å². The van der Waals surface area contributed by atoms with Crippen LogP contribution >= 0.6 is 11.6 Å². The number of carbonyl (C=O) groups is 1. The minimum atomic E-state index is -0.290. The van der Waals surface area contributed by atoms with E-state index in [9.17, 15) is 4.79 Å². The molecule has 1 N–H and O–H groups in total. The van der Waals surface area contributed by atoms with E-state index < -0.39 is 0 Å². The van der Waals surface area contributed by atoms with Crippen LogP contribution in [0.25, 0.3) is 10.9 Å². The lowest BCUT2D eigenvalue weighted by Crippen LogP contribution is -2.20. The van der Waals surface area contributed by atoms with Gasteiger partial charge in [0.15, 0.2) is 6.61 Å². The largest absolute Gasteiger partial charge is 0.497 e. The van der Waals surface area contributed by atoms with Gasteiger partial charge in [0.25, 0.3) is 5.91 Å². The first-order valence-electron chi connectivity index (χ1n) is 8.10. The predicted octanol–water partition coefficient (Wildman–Crippen LogP) is 4.53. The molecule has 134 valence electrons. The first-order valence-corrected chi connectivity index (χ1v) is 8.48. The van der Waals surface area contributed by atoms with Crippen molar-refractivity contribution in [1.29, 1.82) is 0 Å². The third-order valence-corrected chi connectivity index (χ3v) is 4.18. The number of pyridine rings is 1. The van der Waals surface area contributed by atoms with Crippen molar-refractivity contribution in [2.75, 3.05) is 19.0 Å². The zero-order valence-electron chi connectivity index (χ0n) is 14.8. The number of fused-ring (bicyclic) bond motifs is 1. The van der Waals surface area contributed by atoms with E-state index in [1.54, 1.807) is 25.3 Å². The summed E-state index contributed by atoms with van der Waals surface area (Å²) in [5.74, 6) is 0.988. The normalized spacial score (nSPS) is 10.6. The summed E-state index contributed by atoms with van der Waals surface area (Å²) in [7, 11) is 1.60.